The lowest BCUT2D eigenvalue weighted by Crippen LogP contribution is -2.59. The number of hydrogen-bond donors (Lipinski definition) is 1. The minimum absolute atomic E-state index is 0.157. The predicted octanol–water partition coefficient (Wildman–Crippen LogP) is 4.72. The van der Waals surface area contributed by atoms with E-state index in [-0.39, 0.29) is 36.8 Å². The minimum Gasteiger partial charge on any atom is -0.394 e. The van der Waals surface area contributed by atoms with Crippen molar-refractivity contribution in [3.05, 3.63) is 103 Å². The summed E-state index contributed by atoms with van der Waals surface area (Å²) in [6.45, 7) is 6.70. The maximum Gasteiger partial charge on any atom is 0.253 e. The molecule has 1 spiro atoms. The molecule has 2 fully saturated rings. The first-order valence-electron chi connectivity index (χ1n) is 16.3. The third-order valence-corrected chi connectivity index (χ3v) is 10.2. The summed E-state index contributed by atoms with van der Waals surface area (Å²) < 4.78 is 7.01. The second kappa shape index (κ2) is 11.5. The van der Waals surface area contributed by atoms with Crippen LogP contribution in [-0.4, -0.2) is 75.6 Å². The molecular weight excluding hydrogens is 578 g/mol. The van der Waals surface area contributed by atoms with Crippen LogP contribution in [0.5, 0.6) is 0 Å². The smallest absolute Gasteiger partial charge is 0.253 e. The molecule has 0 aromatic heterocycles. The summed E-state index contributed by atoms with van der Waals surface area (Å²) in [5.74, 6) is -2.40. The van der Waals surface area contributed by atoms with Crippen LogP contribution in [0.4, 0.5) is 5.69 Å². The van der Waals surface area contributed by atoms with Crippen LogP contribution in [0.1, 0.15) is 32.8 Å². The molecule has 238 valence electrons. The molecule has 46 heavy (non-hydrogen) atoms. The molecule has 0 aliphatic carbocycles. The summed E-state index contributed by atoms with van der Waals surface area (Å²) in [6.07, 6.45) is 8.12. The van der Waals surface area contributed by atoms with Gasteiger partial charge in [0.2, 0.25) is 11.8 Å². The molecule has 2 saturated heterocycles. The number of ether oxygens (including phenoxy) is 1. The quantitative estimate of drug-likeness (QED) is 0.387. The highest BCUT2D eigenvalue weighted by molar-refractivity contribution is 6.07. The van der Waals surface area contributed by atoms with Gasteiger partial charge in [0.25, 0.3) is 5.91 Å². The van der Waals surface area contributed by atoms with Gasteiger partial charge in [0.15, 0.2) is 0 Å². The molecule has 6 atom stereocenters. The average molecular weight is 620 g/mol. The van der Waals surface area contributed by atoms with Crippen molar-refractivity contribution >= 4 is 34.2 Å². The molecule has 4 aliphatic heterocycles. The summed E-state index contributed by atoms with van der Waals surface area (Å²) >= 11 is 0. The van der Waals surface area contributed by atoms with Crippen molar-refractivity contribution in [2.24, 2.45) is 17.8 Å². The van der Waals surface area contributed by atoms with E-state index >= 15 is 0 Å². The van der Waals surface area contributed by atoms with Gasteiger partial charge in [-0.1, -0.05) is 98.8 Å². The van der Waals surface area contributed by atoms with Crippen molar-refractivity contribution < 1.29 is 24.2 Å². The number of hydrogen-bond acceptors (Lipinski definition) is 5. The van der Waals surface area contributed by atoms with Gasteiger partial charge in [-0.2, -0.15) is 0 Å². The maximum atomic E-state index is 14.9. The monoisotopic (exact) mass is 619 g/mol. The SMILES string of the molecule is CC(C)C[C@H](CO)N1C(=O)[C@@H]2[C@H]3C(=O)N(Cc4ccccc4)CC=C[C@@]3(C)O[C@@]23C=CCN(c2ccc4ccccc4c2)C(=O)C13. The number of aliphatic hydroxyl groups excluding tert-OH is 1. The van der Waals surface area contributed by atoms with Crippen LogP contribution in [0.25, 0.3) is 10.8 Å². The van der Waals surface area contributed by atoms with Crippen molar-refractivity contribution in [2.45, 2.75) is 57.0 Å². The Balaban J connectivity index is 1.34. The Morgan fingerprint density at radius 2 is 1.57 bits per heavy atom. The first kappa shape index (κ1) is 30.4. The zero-order valence-electron chi connectivity index (χ0n) is 26.6. The number of aliphatic hydroxyl groups is 1. The van der Waals surface area contributed by atoms with Gasteiger partial charge in [-0.25, -0.2) is 0 Å². The predicted molar refractivity (Wildman–Crippen MR) is 177 cm³/mol. The molecule has 1 unspecified atom stereocenters. The standard InChI is InChI=1S/C38H41N3O5/c1-25(2)21-30(24-42)41-33-36(45)40(29-16-15-27-13-7-8-14-28(27)22-29)20-10-18-38(33)32(35(41)44)31-34(43)39(19-9-17-37(31,3)46-38)23-26-11-5-4-6-12-26/h4-18,22,25,30-33,42H,19-21,23-24H2,1-3H3/t30-,31+,32+,33?,37-,38+/m1/s1. The number of carbonyl (C=O) groups excluding carboxylic acids is 3. The van der Waals surface area contributed by atoms with Crippen molar-refractivity contribution in [1.82, 2.24) is 9.80 Å². The van der Waals surface area contributed by atoms with Crippen LogP contribution in [0.15, 0.2) is 97.1 Å². The van der Waals surface area contributed by atoms with E-state index in [1.54, 1.807) is 14.7 Å². The zero-order chi connectivity index (χ0) is 32.2. The molecule has 7 rings (SSSR count). The van der Waals surface area contributed by atoms with Crippen molar-refractivity contribution in [2.75, 3.05) is 24.6 Å². The number of fused-ring (bicyclic) bond motifs is 3. The molecule has 3 amide bonds. The van der Waals surface area contributed by atoms with Crippen LogP contribution >= 0.6 is 0 Å². The highest BCUT2D eigenvalue weighted by atomic mass is 16.5. The van der Waals surface area contributed by atoms with Crippen LogP contribution in [0, 0.1) is 17.8 Å². The van der Waals surface area contributed by atoms with Gasteiger partial charge in [-0.15, -0.1) is 0 Å². The van der Waals surface area contributed by atoms with Gasteiger partial charge in [-0.05, 0) is 47.7 Å². The van der Waals surface area contributed by atoms with Gasteiger partial charge in [0.1, 0.15) is 11.6 Å². The van der Waals surface area contributed by atoms with E-state index in [1.807, 2.05) is 118 Å². The van der Waals surface area contributed by atoms with E-state index < -0.39 is 35.1 Å². The van der Waals surface area contributed by atoms with Crippen LogP contribution in [0.2, 0.25) is 0 Å². The lowest BCUT2D eigenvalue weighted by atomic mass is 9.74. The summed E-state index contributed by atoms with van der Waals surface area (Å²) in [4.78, 5) is 49.4. The van der Waals surface area contributed by atoms with E-state index in [0.29, 0.717) is 25.2 Å². The molecule has 4 heterocycles. The number of anilines is 1. The number of nitrogens with zero attached hydrogens (tertiary/aromatic N) is 3. The second-order valence-electron chi connectivity index (χ2n) is 13.7. The molecule has 0 radical (unpaired) electrons. The van der Waals surface area contributed by atoms with Crippen LogP contribution < -0.4 is 4.90 Å². The van der Waals surface area contributed by atoms with Crippen molar-refractivity contribution in [3.8, 4) is 0 Å². The summed E-state index contributed by atoms with van der Waals surface area (Å²) in [6, 6.07) is 22.0. The number of benzene rings is 3. The first-order chi connectivity index (χ1) is 22.2. The Morgan fingerprint density at radius 1 is 0.848 bits per heavy atom. The van der Waals surface area contributed by atoms with Crippen molar-refractivity contribution in [3.63, 3.8) is 0 Å². The zero-order valence-corrected chi connectivity index (χ0v) is 26.6. The maximum absolute atomic E-state index is 14.9. The molecule has 1 N–H and O–H groups in total. The Morgan fingerprint density at radius 3 is 2.30 bits per heavy atom. The topological polar surface area (TPSA) is 90.4 Å². The van der Waals surface area contributed by atoms with Gasteiger partial charge >= 0.3 is 0 Å². The number of amides is 3. The summed E-state index contributed by atoms with van der Waals surface area (Å²) in [7, 11) is 0. The fourth-order valence-corrected chi connectivity index (χ4v) is 8.25. The van der Waals surface area contributed by atoms with E-state index in [0.717, 1.165) is 16.3 Å². The molecule has 0 saturated carbocycles. The van der Waals surface area contributed by atoms with Gasteiger partial charge in [-0.3, -0.25) is 14.4 Å². The minimum atomic E-state index is -1.39. The van der Waals surface area contributed by atoms with E-state index in [1.165, 1.54) is 0 Å². The third kappa shape index (κ3) is 4.77. The summed E-state index contributed by atoms with van der Waals surface area (Å²) in [5, 5.41) is 12.7. The highest BCUT2D eigenvalue weighted by Crippen LogP contribution is 2.58. The molecule has 8 nitrogen and oxygen atoms in total. The number of likely N-dealkylation sites (tertiary alicyclic amines) is 1. The first-order valence-corrected chi connectivity index (χ1v) is 16.3. The number of rotatable bonds is 7. The number of carbonyl (C=O) groups is 3. The van der Waals surface area contributed by atoms with E-state index in [2.05, 4.69) is 0 Å². The van der Waals surface area contributed by atoms with Gasteiger partial charge < -0.3 is 24.5 Å². The van der Waals surface area contributed by atoms with Crippen LogP contribution in [-0.2, 0) is 25.7 Å². The largest absolute Gasteiger partial charge is 0.394 e. The Hall–Kier alpha value is -4.27. The summed E-state index contributed by atoms with van der Waals surface area (Å²) in [5.41, 5.74) is -0.789. The molecule has 0 bridgehead atoms. The molecular formula is C38H41N3O5. The van der Waals surface area contributed by atoms with E-state index in [9.17, 15) is 19.5 Å². The third-order valence-electron chi connectivity index (χ3n) is 10.2. The lowest BCUT2D eigenvalue weighted by molar-refractivity contribution is -0.151. The van der Waals surface area contributed by atoms with Gasteiger partial charge in [0.05, 0.1) is 30.1 Å². The van der Waals surface area contributed by atoms with E-state index in [4.69, 9.17) is 4.74 Å². The highest BCUT2D eigenvalue weighted by Gasteiger charge is 2.75. The molecule has 3 aromatic carbocycles. The molecule has 8 heteroatoms. The molecule has 3 aromatic rings. The Bertz CT molecular complexity index is 1740. The average Bonchev–Trinajstić information content (AvgIpc) is 3.33. The van der Waals surface area contributed by atoms with Crippen molar-refractivity contribution in [1.29, 1.82) is 0 Å². The van der Waals surface area contributed by atoms with Crippen LogP contribution in [0.3, 0.4) is 0 Å². The van der Waals surface area contributed by atoms with Gasteiger partial charge in [0, 0.05) is 25.3 Å². The lowest BCUT2D eigenvalue weighted by Gasteiger charge is -2.40. The Labute approximate surface area is 269 Å². The molecule has 4 aliphatic rings. The Kier molecular flexibility index (Phi) is 7.60. The second-order valence-corrected chi connectivity index (χ2v) is 13.7. The fourth-order valence-electron chi connectivity index (χ4n) is 8.25. The normalized spacial score (nSPS) is 29.6. The fraction of sp³-hybridized carbons (Fsp3) is 0.395.